The largest absolute Gasteiger partial charge is 0.302 e. The predicted octanol–water partition coefficient (Wildman–Crippen LogP) is 3.64. The molecule has 0 unspecified atom stereocenters. The molecule has 0 N–H and O–H groups in total. The van der Waals surface area contributed by atoms with Gasteiger partial charge in [-0.1, -0.05) is 30.3 Å². The molecule has 1 aromatic heterocycles. The zero-order valence-electron chi connectivity index (χ0n) is 16.3. The molecular weight excluding hydrogens is 320 g/mol. The molecule has 1 saturated carbocycles. The lowest BCUT2D eigenvalue weighted by Crippen LogP contribution is -2.37. The highest BCUT2D eigenvalue weighted by molar-refractivity contribution is 5.25. The maximum Gasteiger partial charge on any atom is 0.0537 e. The Kier molecular flexibility index (Phi) is 5.41. The number of hydrogen-bond acceptors (Lipinski definition) is 3. The van der Waals surface area contributed by atoms with E-state index < -0.39 is 0 Å². The molecule has 0 radical (unpaired) electrons. The van der Waals surface area contributed by atoms with Crippen LogP contribution in [-0.2, 0) is 20.1 Å². The molecule has 4 heteroatoms. The van der Waals surface area contributed by atoms with E-state index >= 15 is 0 Å². The van der Waals surface area contributed by atoms with E-state index in [1.807, 2.05) is 0 Å². The fourth-order valence-corrected chi connectivity index (χ4v) is 4.46. The maximum absolute atomic E-state index is 4.51. The summed E-state index contributed by atoms with van der Waals surface area (Å²) in [6, 6.07) is 10.9. The Morgan fingerprint density at radius 2 is 1.81 bits per heavy atom. The minimum absolute atomic E-state index is 0.770. The van der Waals surface area contributed by atoms with E-state index in [4.69, 9.17) is 0 Å². The zero-order chi connectivity index (χ0) is 17.9. The molecule has 1 saturated heterocycles. The Labute approximate surface area is 157 Å². The Bertz CT molecular complexity index is 696. The van der Waals surface area contributed by atoms with Gasteiger partial charge in [-0.25, -0.2) is 0 Å². The molecule has 1 aromatic carbocycles. The summed E-state index contributed by atoms with van der Waals surface area (Å²) in [5, 5.41) is 4.51. The molecule has 0 atom stereocenters. The van der Waals surface area contributed by atoms with Crippen molar-refractivity contribution in [1.29, 1.82) is 0 Å². The van der Waals surface area contributed by atoms with Crippen LogP contribution in [0.3, 0.4) is 0 Å². The second-order valence-corrected chi connectivity index (χ2v) is 8.35. The van der Waals surface area contributed by atoms with E-state index in [0.29, 0.717) is 0 Å². The molecule has 1 aliphatic carbocycles. The van der Waals surface area contributed by atoms with Crippen LogP contribution >= 0.6 is 0 Å². The zero-order valence-corrected chi connectivity index (χ0v) is 16.3. The predicted molar refractivity (Wildman–Crippen MR) is 106 cm³/mol. The van der Waals surface area contributed by atoms with Crippen molar-refractivity contribution >= 4 is 0 Å². The van der Waals surface area contributed by atoms with Crippen LogP contribution in [0, 0.1) is 5.92 Å². The first-order valence-electron chi connectivity index (χ1n) is 10.1. The quantitative estimate of drug-likeness (QED) is 0.760. The Morgan fingerprint density at radius 3 is 2.50 bits per heavy atom. The summed E-state index contributed by atoms with van der Waals surface area (Å²) >= 11 is 0. The number of likely N-dealkylation sites (tertiary alicyclic amines) is 1. The van der Waals surface area contributed by atoms with Crippen LogP contribution in [0.1, 0.15) is 48.4 Å². The van der Waals surface area contributed by atoms with Gasteiger partial charge in [-0.05, 0) is 57.3 Å². The van der Waals surface area contributed by atoms with Gasteiger partial charge >= 0.3 is 0 Å². The molecule has 2 aromatic rings. The third-order valence-electron chi connectivity index (χ3n) is 5.99. The van der Waals surface area contributed by atoms with Gasteiger partial charge in [0.1, 0.15) is 0 Å². The van der Waals surface area contributed by atoms with Crippen molar-refractivity contribution in [3.63, 3.8) is 0 Å². The molecule has 4 nitrogen and oxygen atoms in total. The number of piperidine rings is 1. The van der Waals surface area contributed by atoms with Crippen LogP contribution in [0.4, 0.5) is 0 Å². The van der Waals surface area contributed by atoms with Crippen molar-refractivity contribution in [3.05, 3.63) is 53.3 Å². The lowest BCUT2D eigenvalue weighted by molar-refractivity contribution is 0.147. The van der Waals surface area contributed by atoms with Gasteiger partial charge in [-0.3, -0.25) is 9.58 Å². The SMILES string of the molecule is CN(Cc1cnn(C)c1C1CC1)CC1CCN(Cc2ccccc2)CC1. The van der Waals surface area contributed by atoms with Gasteiger partial charge in [0, 0.05) is 43.9 Å². The van der Waals surface area contributed by atoms with Gasteiger partial charge in [0.15, 0.2) is 0 Å². The van der Waals surface area contributed by atoms with E-state index in [1.54, 1.807) is 0 Å². The number of aromatic nitrogens is 2. The first kappa shape index (κ1) is 17.7. The summed E-state index contributed by atoms with van der Waals surface area (Å²) in [6.45, 7) is 5.81. The van der Waals surface area contributed by atoms with Gasteiger partial charge in [0.25, 0.3) is 0 Å². The van der Waals surface area contributed by atoms with Crippen molar-refractivity contribution in [2.75, 3.05) is 26.7 Å². The van der Waals surface area contributed by atoms with Crippen LogP contribution in [0.2, 0.25) is 0 Å². The number of nitrogens with zero attached hydrogens (tertiary/aromatic N) is 4. The summed E-state index contributed by atoms with van der Waals surface area (Å²) in [5.41, 5.74) is 4.36. The van der Waals surface area contributed by atoms with Crippen LogP contribution < -0.4 is 0 Å². The van der Waals surface area contributed by atoms with E-state index in [9.17, 15) is 0 Å². The Hall–Kier alpha value is -1.65. The van der Waals surface area contributed by atoms with Crippen LogP contribution in [0.25, 0.3) is 0 Å². The average molecular weight is 353 g/mol. The average Bonchev–Trinajstić information content (AvgIpc) is 3.41. The highest BCUT2D eigenvalue weighted by Gasteiger charge is 2.29. The lowest BCUT2D eigenvalue weighted by atomic mass is 9.95. The minimum Gasteiger partial charge on any atom is -0.302 e. The van der Waals surface area contributed by atoms with Crippen molar-refractivity contribution < 1.29 is 0 Å². The van der Waals surface area contributed by atoms with Crippen molar-refractivity contribution in [1.82, 2.24) is 19.6 Å². The standard InChI is InChI=1S/C22H32N4/c1-24(17-21-14-23-25(2)22(21)20-8-9-20)15-19-10-12-26(13-11-19)16-18-6-4-3-5-7-18/h3-7,14,19-20H,8-13,15-17H2,1-2H3. The monoisotopic (exact) mass is 352 g/mol. The number of rotatable bonds is 7. The lowest BCUT2D eigenvalue weighted by Gasteiger charge is -2.34. The minimum atomic E-state index is 0.770. The second-order valence-electron chi connectivity index (χ2n) is 8.35. The maximum atomic E-state index is 4.51. The molecule has 0 spiro atoms. The van der Waals surface area contributed by atoms with E-state index in [1.165, 1.54) is 62.1 Å². The van der Waals surface area contributed by atoms with Gasteiger partial charge in [-0.2, -0.15) is 5.10 Å². The van der Waals surface area contributed by atoms with Crippen LogP contribution in [0.15, 0.2) is 36.5 Å². The number of benzene rings is 1. The molecule has 4 rings (SSSR count). The first-order valence-corrected chi connectivity index (χ1v) is 10.1. The summed E-state index contributed by atoms with van der Waals surface area (Å²) in [5.74, 6) is 1.60. The highest BCUT2D eigenvalue weighted by atomic mass is 15.3. The Morgan fingerprint density at radius 1 is 1.08 bits per heavy atom. The van der Waals surface area contributed by atoms with Crippen molar-refractivity contribution in [3.8, 4) is 0 Å². The molecule has 2 aliphatic rings. The molecule has 1 aliphatic heterocycles. The molecule has 0 bridgehead atoms. The fraction of sp³-hybridized carbons (Fsp3) is 0.591. The number of hydrogen-bond donors (Lipinski definition) is 0. The van der Waals surface area contributed by atoms with E-state index in [2.05, 4.69) is 70.2 Å². The van der Waals surface area contributed by atoms with Crippen LogP contribution in [-0.4, -0.2) is 46.3 Å². The third kappa shape index (κ3) is 4.36. The normalized spacial score (nSPS) is 19.3. The molecule has 26 heavy (non-hydrogen) atoms. The van der Waals surface area contributed by atoms with Gasteiger partial charge in [-0.15, -0.1) is 0 Å². The van der Waals surface area contributed by atoms with E-state index in [-0.39, 0.29) is 0 Å². The Balaban J connectivity index is 1.24. The molecular formula is C22H32N4. The fourth-order valence-electron chi connectivity index (χ4n) is 4.46. The third-order valence-corrected chi connectivity index (χ3v) is 5.99. The molecule has 2 fully saturated rings. The number of aryl methyl sites for hydroxylation is 1. The summed E-state index contributed by atoms with van der Waals surface area (Å²) in [7, 11) is 4.37. The van der Waals surface area contributed by atoms with Gasteiger partial charge in [0.2, 0.25) is 0 Å². The first-order chi connectivity index (χ1) is 12.7. The van der Waals surface area contributed by atoms with Crippen LogP contribution in [0.5, 0.6) is 0 Å². The van der Waals surface area contributed by atoms with Crippen molar-refractivity contribution in [2.24, 2.45) is 13.0 Å². The summed E-state index contributed by atoms with van der Waals surface area (Å²) < 4.78 is 2.10. The summed E-state index contributed by atoms with van der Waals surface area (Å²) in [4.78, 5) is 5.12. The topological polar surface area (TPSA) is 24.3 Å². The summed E-state index contributed by atoms with van der Waals surface area (Å²) in [6.07, 6.45) is 7.41. The van der Waals surface area contributed by atoms with Crippen molar-refractivity contribution in [2.45, 2.75) is 44.7 Å². The second kappa shape index (κ2) is 7.93. The van der Waals surface area contributed by atoms with Gasteiger partial charge in [0.05, 0.1) is 6.20 Å². The molecule has 0 amide bonds. The highest BCUT2D eigenvalue weighted by Crippen LogP contribution is 2.41. The molecule has 2 heterocycles. The molecule has 140 valence electrons. The smallest absolute Gasteiger partial charge is 0.0537 e. The van der Waals surface area contributed by atoms with Gasteiger partial charge < -0.3 is 4.90 Å². The van der Waals surface area contributed by atoms with E-state index in [0.717, 1.165) is 24.9 Å².